The third-order valence-corrected chi connectivity index (χ3v) is 2.31. The number of hydrogen-bond donors (Lipinski definition) is 1. The second-order valence-corrected chi connectivity index (χ2v) is 3.76. The first-order chi connectivity index (χ1) is 7.45. The van der Waals surface area contributed by atoms with Gasteiger partial charge in [-0.2, -0.15) is 0 Å². The number of rotatable bonds is 4. The van der Waals surface area contributed by atoms with Crippen LogP contribution in [0.4, 0.5) is 0 Å². The molecule has 0 fully saturated rings. The Morgan fingerprint density at radius 2 is 1.88 bits per heavy atom. The first-order valence-electron chi connectivity index (χ1n) is 4.98. The van der Waals surface area contributed by atoms with Gasteiger partial charge in [-0.15, -0.1) is 0 Å². The fourth-order valence-electron chi connectivity index (χ4n) is 1.47. The van der Waals surface area contributed by atoms with Crippen LogP contribution in [0, 0.1) is 13.8 Å². The molecule has 4 heteroatoms. The molecule has 1 aromatic carbocycles. The molecule has 86 valence electrons. The smallest absolute Gasteiger partial charge is 0.258 e. The largest absolute Gasteiger partial charge is 0.480 e. The molecule has 0 spiro atoms. The van der Waals surface area contributed by atoms with Crippen molar-refractivity contribution in [3.8, 4) is 5.75 Å². The summed E-state index contributed by atoms with van der Waals surface area (Å²) >= 11 is 0. The van der Waals surface area contributed by atoms with Crippen LogP contribution in [-0.4, -0.2) is 18.3 Å². The van der Waals surface area contributed by atoms with E-state index >= 15 is 0 Å². The Morgan fingerprint density at radius 1 is 1.38 bits per heavy atom. The van der Waals surface area contributed by atoms with Gasteiger partial charge in [-0.05, 0) is 44.0 Å². The predicted octanol–water partition coefficient (Wildman–Crippen LogP) is 1.37. The first kappa shape index (κ1) is 12.2. The second kappa shape index (κ2) is 4.79. The molecular weight excluding hydrogens is 206 g/mol. The van der Waals surface area contributed by atoms with E-state index in [-0.39, 0.29) is 0 Å². The van der Waals surface area contributed by atoms with Gasteiger partial charge in [0, 0.05) is 5.56 Å². The summed E-state index contributed by atoms with van der Waals surface area (Å²) in [6.07, 6.45) is 0.0980. The minimum absolute atomic E-state index is 0.515. The minimum Gasteiger partial charge on any atom is -0.480 e. The number of hydrogen-bond acceptors (Lipinski definition) is 3. The molecule has 1 unspecified atom stereocenters. The van der Waals surface area contributed by atoms with Crippen molar-refractivity contribution in [2.24, 2.45) is 5.73 Å². The summed E-state index contributed by atoms with van der Waals surface area (Å²) in [5, 5.41) is 0. The summed E-state index contributed by atoms with van der Waals surface area (Å²) in [5.74, 6) is 0.0927. The normalized spacial score (nSPS) is 11.9. The van der Waals surface area contributed by atoms with Gasteiger partial charge < -0.3 is 10.5 Å². The monoisotopic (exact) mass is 221 g/mol. The van der Waals surface area contributed by atoms with Crippen LogP contribution in [0.1, 0.15) is 28.4 Å². The highest BCUT2D eigenvalue weighted by Gasteiger charge is 2.14. The Balaban J connectivity index is 3.05. The van der Waals surface area contributed by atoms with Gasteiger partial charge >= 0.3 is 0 Å². The summed E-state index contributed by atoms with van der Waals surface area (Å²) in [5.41, 5.74) is 7.34. The third kappa shape index (κ3) is 2.59. The van der Waals surface area contributed by atoms with Crippen LogP contribution in [0.5, 0.6) is 5.75 Å². The molecule has 4 nitrogen and oxygen atoms in total. The van der Waals surface area contributed by atoms with Gasteiger partial charge in [-0.3, -0.25) is 9.59 Å². The summed E-state index contributed by atoms with van der Waals surface area (Å²) in [4.78, 5) is 21.5. The van der Waals surface area contributed by atoms with E-state index in [1.807, 2.05) is 13.8 Å². The van der Waals surface area contributed by atoms with E-state index in [0.717, 1.165) is 17.4 Å². The molecule has 1 aromatic rings. The van der Waals surface area contributed by atoms with Crippen LogP contribution in [0.15, 0.2) is 12.1 Å². The molecular formula is C12H15NO3. The molecule has 0 aliphatic carbocycles. The van der Waals surface area contributed by atoms with E-state index in [2.05, 4.69) is 0 Å². The number of carbonyl (C=O) groups excluding carboxylic acids is 2. The number of primary amides is 1. The molecule has 0 bridgehead atoms. The highest BCUT2D eigenvalue weighted by molar-refractivity contribution is 5.79. The van der Waals surface area contributed by atoms with Crippen molar-refractivity contribution < 1.29 is 14.3 Å². The van der Waals surface area contributed by atoms with Gasteiger partial charge in [0.15, 0.2) is 6.10 Å². The van der Waals surface area contributed by atoms with Crippen molar-refractivity contribution in [2.75, 3.05) is 0 Å². The maximum atomic E-state index is 10.9. The molecule has 0 saturated carbocycles. The highest BCUT2D eigenvalue weighted by atomic mass is 16.5. The molecule has 0 aliphatic heterocycles. The Kier molecular flexibility index (Phi) is 3.66. The summed E-state index contributed by atoms with van der Waals surface area (Å²) < 4.78 is 5.45. The van der Waals surface area contributed by atoms with E-state index in [4.69, 9.17) is 10.5 Å². The van der Waals surface area contributed by atoms with Crippen molar-refractivity contribution in [1.29, 1.82) is 0 Å². The molecule has 2 N–H and O–H groups in total. The molecule has 0 saturated heterocycles. The van der Waals surface area contributed by atoms with E-state index in [9.17, 15) is 9.59 Å². The number of carbonyl (C=O) groups is 2. The summed E-state index contributed by atoms with van der Waals surface area (Å²) in [7, 11) is 0. The SMILES string of the molecule is Cc1cc(C=O)cc(C)c1OC(C)C(N)=O. The molecule has 0 heterocycles. The van der Waals surface area contributed by atoms with Crippen molar-refractivity contribution in [3.05, 3.63) is 28.8 Å². The standard InChI is InChI=1S/C12H15NO3/c1-7-4-10(6-14)5-8(2)11(7)16-9(3)12(13)15/h4-6,9H,1-3H3,(H2,13,15). The Labute approximate surface area is 94.4 Å². The Bertz CT molecular complexity index is 403. The fraction of sp³-hybridized carbons (Fsp3) is 0.333. The summed E-state index contributed by atoms with van der Waals surface area (Å²) in [6, 6.07) is 3.42. The van der Waals surface area contributed by atoms with Gasteiger partial charge in [0.25, 0.3) is 5.91 Å². The zero-order valence-electron chi connectivity index (χ0n) is 9.61. The van der Waals surface area contributed by atoms with Crippen molar-refractivity contribution in [1.82, 2.24) is 0 Å². The van der Waals surface area contributed by atoms with Crippen LogP contribution in [0.25, 0.3) is 0 Å². The zero-order valence-corrected chi connectivity index (χ0v) is 9.61. The molecule has 1 rings (SSSR count). The van der Waals surface area contributed by atoms with E-state index < -0.39 is 12.0 Å². The predicted molar refractivity (Wildman–Crippen MR) is 60.6 cm³/mol. The maximum absolute atomic E-state index is 10.9. The van der Waals surface area contributed by atoms with E-state index in [0.29, 0.717) is 11.3 Å². The lowest BCUT2D eigenvalue weighted by Gasteiger charge is -2.16. The Morgan fingerprint density at radius 3 is 2.25 bits per heavy atom. The molecule has 0 aliphatic rings. The molecule has 0 radical (unpaired) electrons. The van der Waals surface area contributed by atoms with Gasteiger partial charge in [-0.1, -0.05) is 0 Å². The Hall–Kier alpha value is -1.84. The molecule has 16 heavy (non-hydrogen) atoms. The number of aldehydes is 1. The maximum Gasteiger partial charge on any atom is 0.258 e. The van der Waals surface area contributed by atoms with Gasteiger partial charge in [0.1, 0.15) is 12.0 Å². The van der Waals surface area contributed by atoms with Crippen molar-refractivity contribution in [2.45, 2.75) is 26.9 Å². The quantitative estimate of drug-likeness (QED) is 0.780. The van der Waals surface area contributed by atoms with Crippen LogP contribution >= 0.6 is 0 Å². The lowest BCUT2D eigenvalue weighted by molar-refractivity contribution is -0.124. The van der Waals surface area contributed by atoms with Crippen molar-refractivity contribution in [3.63, 3.8) is 0 Å². The lowest BCUT2D eigenvalue weighted by Crippen LogP contribution is -2.31. The van der Waals surface area contributed by atoms with Gasteiger partial charge in [-0.25, -0.2) is 0 Å². The minimum atomic E-state index is -0.681. The lowest BCUT2D eigenvalue weighted by atomic mass is 10.1. The molecule has 1 atom stereocenters. The first-order valence-corrected chi connectivity index (χ1v) is 4.98. The number of benzene rings is 1. The number of amides is 1. The molecule has 0 aromatic heterocycles. The average Bonchev–Trinajstić information content (AvgIpc) is 2.22. The van der Waals surface area contributed by atoms with Gasteiger partial charge in [0.2, 0.25) is 0 Å². The average molecular weight is 221 g/mol. The van der Waals surface area contributed by atoms with Crippen molar-refractivity contribution >= 4 is 12.2 Å². The van der Waals surface area contributed by atoms with Gasteiger partial charge in [0.05, 0.1) is 0 Å². The molecule has 1 amide bonds. The topological polar surface area (TPSA) is 69.4 Å². The summed E-state index contributed by atoms with van der Waals surface area (Å²) in [6.45, 7) is 5.24. The van der Waals surface area contributed by atoms with E-state index in [1.165, 1.54) is 0 Å². The third-order valence-electron chi connectivity index (χ3n) is 2.31. The number of ether oxygens (including phenoxy) is 1. The highest BCUT2D eigenvalue weighted by Crippen LogP contribution is 2.25. The van der Waals surface area contributed by atoms with Crippen LogP contribution in [0.3, 0.4) is 0 Å². The van der Waals surface area contributed by atoms with Crippen LogP contribution < -0.4 is 10.5 Å². The van der Waals surface area contributed by atoms with Crippen LogP contribution in [0.2, 0.25) is 0 Å². The number of nitrogens with two attached hydrogens (primary N) is 1. The van der Waals surface area contributed by atoms with E-state index in [1.54, 1.807) is 19.1 Å². The number of aryl methyl sites for hydroxylation is 2. The fourth-order valence-corrected chi connectivity index (χ4v) is 1.47. The zero-order chi connectivity index (χ0) is 12.3. The second-order valence-electron chi connectivity index (χ2n) is 3.76. The van der Waals surface area contributed by atoms with Crippen LogP contribution in [-0.2, 0) is 4.79 Å².